The average molecular weight is 465 g/mol. The molecule has 2 heterocycles. The van der Waals surface area contributed by atoms with Crippen molar-refractivity contribution in [1.82, 2.24) is 0 Å². The lowest BCUT2D eigenvalue weighted by atomic mass is 9.71. The fourth-order valence-electron chi connectivity index (χ4n) is 6.23. The molecule has 0 aromatic heterocycles. The number of oxime groups is 1. The molecule has 0 radical (unpaired) electrons. The minimum Gasteiger partial charge on any atom is -0.462 e. The van der Waals surface area contributed by atoms with Gasteiger partial charge in [-0.15, -0.1) is 0 Å². The number of esters is 1. The van der Waals surface area contributed by atoms with E-state index in [1.54, 1.807) is 31.2 Å². The zero-order chi connectivity index (χ0) is 22.9. The first kappa shape index (κ1) is 20.4. The molecule has 0 unspecified atom stereocenters. The number of ether oxygens (including phenoxy) is 1. The number of hydrogen-bond acceptors (Lipinski definition) is 6. The maximum atomic E-state index is 13.5. The van der Waals surface area contributed by atoms with Gasteiger partial charge in [-0.3, -0.25) is 14.5 Å². The standard InChI is InChI=1S/C25H21ClN2O5/c1-2-32-25(31)12-7-9-13(10-8-12)28-23(29)18-15-11-16(19(18)24(28)30)22-20(15)21(27-33-22)14-5-3-4-6-17(14)26/h3-10,15-16,18-20,22H,2,11H2,1H3/t15-,16+,18-,19+,20+,22+/m1/s1. The van der Waals surface area contributed by atoms with Crippen LogP contribution < -0.4 is 4.90 Å². The van der Waals surface area contributed by atoms with Crippen LogP contribution in [0, 0.1) is 29.6 Å². The molecule has 2 aliphatic carbocycles. The van der Waals surface area contributed by atoms with Gasteiger partial charge in [-0.25, -0.2) is 4.79 Å². The van der Waals surface area contributed by atoms with Crippen LogP contribution in [-0.2, 0) is 19.2 Å². The van der Waals surface area contributed by atoms with Crippen LogP contribution >= 0.6 is 11.6 Å². The summed E-state index contributed by atoms with van der Waals surface area (Å²) < 4.78 is 5.01. The van der Waals surface area contributed by atoms with Crippen LogP contribution in [0.15, 0.2) is 53.7 Å². The molecule has 2 amide bonds. The zero-order valence-corrected chi connectivity index (χ0v) is 18.6. The van der Waals surface area contributed by atoms with Crippen molar-refractivity contribution in [2.24, 2.45) is 34.7 Å². The molecule has 168 valence electrons. The highest BCUT2D eigenvalue weighted by Gasteiger charge is 2.70. The molecule has 33 heavy (non-hydrogen) atoms. The van der Waals surface area contributed by atoms with Crippen molar-refractivity contribution in [2.45, 2.75) is 19.4 Å². The van der Waals surface area contributed by atoms with Crippen molar-refractivity contribution >= 4 is 40.8 Å². The second kappa shape index (κ2) is 7.42. The highest BCUT2D eigenvalue weighted by Crippen LogP contribution is 2.62. The molecule has 0 spiro atoms. The Morgan fingerprint density at radius 3 is 2.45 bits per heavy atom. The van der Waals surface area contributed by atoms with Gasteiger partial charge in [0.15, 0.2) is 0 Å². The number of fused-ring (bicyclic) bond motifs is 8. The molecule has 2 aromatic rings. The van der Waals surface area contributed by atoms with Gasteiger partial charge in [0.25, 0.3) is 0 Å². The predicted octanol–water partition coefficient (Wildman–Crippen LogP) is 3.69. The van der Waals surface area contributed by atoms with Crippen LogP contribution in [0.4, 0.5) is 5.69 Å². The predicted molar refractivity (Wildman–Crippen MR) is 120 cm³/mol. The Morgan fingerprint density at radius 1 is 1.06 bits per heavy atom. The summed E-state index contributed by atoms with van der Waals surface area (Å²) in [5.41, 5.74) is 2.44. The molecule has 1 saturated heterocycles. The molecule has 6 rings (SSSR count). The first-order valence-electron chi connectivity index (χ1n) is 11.1. The number of carbonyl (C=O) groups is 3. The molecular formula is C25H21ClN2O5. The Kier molecular flexibility index (Phi) is 4.59. The van der Waals surface area contributed by atoms with E-state index in [2.05, 4.69) is 5.16 Å². The Hall–Kier alpha value is -3.19. The van der Waals surface area contributed by atoms with E-state index in [-0.39, 0.29) is 42.3 Å². The SMILES string of the molecule is CCOC(=O)c1ccc(N2C(=O)[C@@H]3[C@H]4C[C@H]([C@@H]5ON=C(c6ccccc6Cl)[C@H]45)[C@@H]3C2=O)cc1. The van der Waals surface area contributed by atoms with E-state index in [1.807, 2.05) is 24.3 Å². The summed E-state index contributed by atoms with van der Waals surface area (Å²) in [6, 6.07) is 13.9. The number of anilines is 1. The van der Waals surface area contributed by atoms with Crippen LogP contribution in [0.1, 0.15) is 29.3 Å². The highest BCUT2D eigenvalue weighted by molar-refractivity contribution is 6.34. The molecule has 3 fully saturated rings. The Labute approximate surface area is 195 Å². The summed E-state index contributed by atoms with van der Waals surface area (Å²) in [5.74, 6) is -1.78. The van der Waals surface area contributed by atoms with Gasteiger partial charge in [0.2, 0.25) is 11.8 Å². The van der Waals surface area contributed by atoms with E-state index >= 15 is 0 Å². The minimum absolute atomic E-state index is 0.0252. The van der Waals surface area contributed by atoms with Gasteiger partial charge in [-0.05, 0) is 49.6 Å². The Balaban J connectivity index is 1.29. The van der Waals surface area contributed by atoms with Crippen molar-refractivity contribution in [3.8, 4) is 0 Å². The smallest absolute Gasteiger partial charge is 0.338 e. The molecule has 8 heteroatoms. The number of hydrogen-bond donors (Lipinski definition) is 0. The second-order valence-electron chi connectivity index (χ2n) is 8.95. The van der Waals surface area contributed by atoms with E-state index in [9.17, 15) is 14.4 Å². The van der Waals surface area contributed by atoms with Crippen molar-refractivity contribution in [3.63, 3.8) is 0 Å². The third-order valence-corrected chi connectivity index (χ3v) is 7.81. The van der Waals surface area contributed by atoms with Crippen LogP contribution in [0.3, 0.4) is 0 Å². The molecular weight excluding hydrogens is 444 g/mol. The molecule has 7 nitrogen and oxygen atoms in total. The van der Waals surface area contributed by atoms with E-state index in [0.717, 1.165) is 17.7 Å². The monoisotopic (exact) mass is 464 g/mol. The maximum absolute atomic E-state index is 13.5. The average Bonchev–Trinajstić information content (AvgIpc) is 3.55. The number of benzene rings is 2. The van der Waals surface area contributed by atoms with Gasteiger partial charge in [0, 0.05) is 22.4 Å². The topological polar surface area (TPSA) is 85.3 Å². The number of nitrogens with zero attached hydrogens (tertiary/aromatic N) is 2. The van der Waals surface area contributed by atoms with Gasteiger partial charge >= 0.3 is 5.97 Å². The van der Waals surface area contributed by atoms with Crippen molar-refractivity contribution in [3.05, 3.63) is 64.7 Å². The van der Waals surface area contributed by atoms with E-state index < -0.39 is 17.8 Å². The Morgan fingerprint density at radius 2 is 1.76 bits per heavy atom. The summed E-state index contributed by atoms with van der Waals surface area (Å²) in [5, 5.41) is 4.93. The normalized spacial score (nSPS) is 31.3. The number of carbonyl (C=O) groups excluding carboxylic acids is 3. The minimum atomic E-state index is -0.436. The van der Waals surface area contributed by atoms with Crippen LogP contribution in [0.2, 0.25) is 5.02 Å². The summed E-state index contributed by atoms with van der Waals surface area (Å²) in [4.78, 5) is 46.0. The molecule has 6 atom stereocenters. The lowest BCUT2D eigenvalue weighted by molar-refractivity contribution is -0.125. The first-order chi connectivity index (χ1) is 16.0. The lowest BCUT2D eigenvalue weighted by Crippen LogP contribution is -2.41. The van der Waals surface area contributed by atoms with Crippen LogP contribution in [0.5, 0.6) is 0 Å². The number of amides is 2. The molecule has 2 bridgehead atoms. The maximum Gasteiger partial charge on any atom is 0.338 e. The summed E-state index contributed by atoms with van der Waals surface area (Å²) >= 11 is 6.42. The molecule has 2 aromatic carbocycles. The highest BCUT2D eigenvalue weighted by atomic mass is 35.5. The van der Waals surface area contributed by atoms with E-state index in [1.165, 1.54) is 4.90 Å². The fraction of sp³-hybridized carbons (Fsp3) is 0.360. The van der Waals surface area contributed by atoms with E-state index in [4.69, 9.17) is 21.2 Å². The molecule has 2 saturated carbocycles. The summed E-state index contributed by atoms with van der Waals surface area (Å²) in [6.07, 6.45) is 0.548. The first-order valence-corrected chi connectivity index (χ1v) is 11.5. The molecule has 0 N–H and O–H groups in total. The van der Waals surface area contributed by atoms with Crippen LogP contribution in [0.25, 0.3) is 0 Å². The number of halogens is 1. The van der Waals surface area contributed by atoms with Crippen molar-refractivity contribution in [2.75, 3.05) is 11.5 Å². The Bertz CT molecular complexity index is 1210. The fourth-order valence-corrected chi connectivity index (χ4v) is 6.47. The quantitative estimate of drug-likeness (QED) is 0.509. The van der Waals surface area contributed by atoms with Gasteiger partial charge in [-0.1, -0.05) is 35.0 Å². The van der Waals surface area contributed by atoms with Gasteiger partial charge in [-0.2, -0.15) is 0 Å². The summed E-state index contributed by atoms with van der Waals surface area (Å²) in [6.45, 7) is 2.02. The molecule has 4 aliphatic rings. The summed E-state index contributed by atoms with van der Waals surface area (Å²) in [7, 11) is 0. The van der Waals surface area contributed by atoms with Crippen molar-refractivity contribution in [1.29, 1.82) is 0 Å². The van der Waals surface area contributed by atoms with Crippen LogP contribution in [-0.4, -0.2) is 36.2 Å². The third-order valence-electron chi connectivity index (χ3n) is 7.48. The third kappa shape index (κ3) is 2.81. The van der Waals surface area contributed by atoms with Gasteiger partial charge < -0.3 is 9.57 Å². The molecule has 2 aliphatic heterocycles. The van der Waals surface area contributed by atoms with Crippen molar-refractivity contribution < 1.29 is 24.0 Å². The zero-order valence-electron chi connectivity index (χ0n) is 17.8. The number of rotatable bonds is 4. The van der Waals surface area contributed by atoms with E-state index in [0.29, 0.717) is 16.3 Å². The van der Waals surface area contributed by atoms with Gasteiger partial charge in [0.1, 0.15) is 6.10 Å². The number of imide groups is 1. The lowest BCUT2D eigenvalue weighted by Gasteiger charge is -2.30. The van der Waals surface area contributed by atoms with Gasteiger partial charge in [0.05, 0.1) is 35.4 Å². The second-order valence-corrected chi connectivity index (χ2v) is 9.35. The largest absolute Gasteiger partial charge is 0.462 e.